The first kappa shape index (κ1) is 15.2. The maximum absolute atomic E-state index is 10.9. The van der Waals surface area contributed by atoms with Gasteiger partial charge >= 0.3 is 5.97 Å². The van der Waals surface area contributed by atoms with E-state index in [1.54, 1.807) is 12.5 Å². The Kier molecular flexibility index (Phi) is 3.64. The van der Waals surface area contributed by atoms with Gasteiger partial charge in [-0.1, -0.05) is 0 Å². The second-order valence-electron chi connectivity index (χ2n) is 5.87. The largest absolute Gasteiger partial charge is 0.476 e. The lowest BCUT2D eigenvalue weighted by Gasteiger charge is -2.40. The number of carboxylic acid groups (broad SMARTS) is 1. The van der Waals surface area contributed by atoms with E-state index in [4.69, 9.17) is 5.11 Å². The molecule has 0 spiro atoms. The fourth-order valence-electron chi connectivity index (χ4n) is 3.02. The van der Waals surface area contributed by atoms with Gasteiger partial charge in [-0.2, -0.15) is 0 Å². The molecule has 10 heteroatoms. The number of nitrogens with zero attached hydrogens (tertiary/aromatic N) is 8. The monoisotopic (exact) mass is 340 g/mol. The molecule has 3 aromatic rings. The smallest absolute Gasteiger partial charge is 0.356 e. The molecule has 4 heterocycles. The van der Waals surface area contributed by atoms with Crippen molar-refractivity contribution in [3.8, 4) is 0 Å². The molecule has 0 saturated carbocycles. The van der Waals surface area contributed by atoms with Crippen molar-refractivity contribution in [1.82, 2.24) is 29.5 Å². The molecule has 0 aromatic carbocycles. The molecular formula is C15H16N8O2. The number of carboxylic acids is 1. The lowest BCUT2D eigenvalue weighted by Crippen LogP contribution is -2.52. The third-order valence-electron chi connectivity index (χ3n) is 4.28. The molecule has 0 bridgehead atoms. The van der Waals surface area contributed by atoms with E-state index in [9.17, 15) is 4.79 Å². The standard InChI is InChI=1S/C15H16N8O2/c1-10-8-21(12-7-17-11(6-18-12)15(24)25)4-5-23(10)13-14-20-19-9-22(14)3-2-16-13/h2-3,6-7,9-10H,4-5,8H2,1H3,(H,24,25). The van der Waals surface area contributed by atoms with Gasteiger partial charge in [0.25, 0.3) is 0 Å². The van der Waals surface area contributed by atoms with Crippen LogP contribution in [0.1, 0.15) is 17.4 Å². The average molecular weight is 340 g/mol. The second kappa shape index (κ2) is 5.96. The summed E-state index contributed by atoms with van der Waals surface area (Å²) in [6.07, 6.45) is 8.00. The summed E-state index contributed by atoms with van der Waals surface area (Å²) in [4.78, 5) is 27.8. The number of piperazine rings is 1. The summed E-state index contributed by atoms with van der Waals surface area (Å²) < 4.78 is 1.84. The molecule has 1 N–H and O–H groups in total. The van der Waals surface area contributed by atoms with Crippen LogP contribution in [0.4, 0.5) is 11.6 Å². The maximum atomic E-state index is 10.9. The molecule has 128 valence electrons. The van der Waals surface area contributed by atoms with Crippen molar-refractivity contribution in [1.29, 1.82) is 0 Å². The first-order valence-corrected chi connectivity index (χ1v) is 7.85. The molecular weight excluding hydrogens is 324 g/mol. The Morgan fingerprint density at radius 3 is 2.84 bits per heavy atom. The lowest BCUT2D eigenvalue weighted by molar-refractivity contribution is 0.0690. The molecule has 0 amide bonds. The van der Waals surface area contributed by atoms with Crippen LogP contribution >= 0.6 is 0 Å². The van der Waals surface area contributed by atoms with E-state index in [-0.39, 0.29) is 11.7 Å². The summed E-state index contributed by atoms with van der Waals surface area (Å²) >= 11 is 0. The van der Waals surface area contributed by atoms with Crippen LogP contribution in [0.3, 0.4) is 0 Å². The molecule has 1 unspecified atom stereocenters. The average Bonchev–Trinajstić information content (AvgIpc) is 3.10. The Morgan fingerprint density at radius 1 is 1.24 bits per heavy atom. The van der Waals surface area contributed by atoms with Crippen molar-refractivity contribution >= 4 is 23.3 Å². The summed E-state index contributed by atoms with van der Waals surface area (Å²) in [6, 6.07) is 0.171. The molecule has 10 nitrogen and oxygen atoms in total. The quantitative estimate of drug-likeness (QED) is 0.720. The van der Waals surface area contributed by atoms with Crippen LogP contribution in [0.15, 0.2) is 31.1 Å². The number of anilines is 2. The van der Waals surface area contributed by atoms with Gasteiger partial charge in [-0.3, -0.25) is 4.40 Å². The molecule has 4 rings (SSSR count). The zero-order valence-electron chi connectivity index (χ0n) is 13.5. The zero-order valence-corrected chi connectivity index (χ0v) is 13.5. The zero-order chi connectivity index (χ0) is 17.4. The van der Waals surface area contributed by atoms with E-state index in [2.05, 4.69) is 41.9 Å². The highest BCUT2D eigenvalue weighted by Crippen LogP contribution is 2.23. The Labute approximate surface area is 142 Å². The highest BCUT2D eigenvalue weighted by Gasteiger charge is 2.27. The van der Waals surface area contributed by atoms with Crippen molar-refractivity contribution < 1.29 is 9.90 Å². The normalized spacial score (nSPS) is 17.9. The van der Waals surface area contributed by atoms with Gasteiger partial charge in [0.2, 0.25) is 5.65 Å². The summed E-state index contributed by atoms with van der Waals surface area (Å²) in [5.74, 6) is 0.398. The van der Waals surface area contributed by atoms with Crippen molar-refractivity contribution in [2.45, 2.75) is 13.0 Å². The number of rotatable bonds is 3. The van der Waals surface area contributed by atoms with Crippen LogP contribution in [-0.4, -0.2) is 66.3 Å². The molecule has 1 fully saturated rings. The predicted molar refractivity (Wildman–Crippen MR) is 88.8 cm³/mol. The van der Waals surface area contributed by atoms with Gasteiger partial charge in [-0.15, -0.1) is 10.2 Å². The first-order valence-electron chi connectivity index (χ1n) is 7.85. The molecule has 1 atom stereocenters. The van der Waals surface area contributed by atoms with Crippen molar-refractivity contribution in [3.63, 3.8) is 0 Å². The van der Waals surface area contributed by atoms with Crippen LogP contribution in [-0.2, 0) is 0 Å². The fraction of sp³-hybridized carbons (Fsp3) is 0.333. The molecule has 3 aromatic heterocycles. The molecule has 1 aliphatic heterocycles. The van der Waals surface area contributed by atoms with Gasteiger partial charge in [0.05, 0.1) is 12.4 Å². The molecule has 0 aliphatic carbocycles. The van der Waals surface area contributed by atoms with Gasteiger partial charge in [0.1, 0.15) is 12.1 Å². The summed E-state index contributed by atoms with van der Waals surface area (Å²) in [5, 5.41) is 17.0. The van der Waals surface area contributed by atoms with Crippen LogP contribution in [0.25, 0.3) is 5.65 Å². The Bertz CT molecular complexity index is 909. The van der Waals surface area contributed by atoms with E-state index in [0.29, 0.717) is 5.82 Å². The molecule has 0 radical (unpaired) electrons. The van der Waals surface area contributed by atoms with E-state index < -0.39 is 5.97 Å². The summed E-state index contributed by atoms with van der Waals surface area (Å²) in [7, 11) is 0. The van der Waals surface area contributed by atoms with Crippen LogP contribution < -0.4 is 9.80 Å². The van der Waals surface area contributed by atoms with Crippen LogP contribution in [0.2, 0.25) is 0 Å². The minimum atomic E-state index is -1.08. The SMILES string of the molecule is CC1CN(c2cnc(C(=O)O)cn2)CCN1c1nccn2cnnc12. The van der Waals surface area contributed by atoms with Gasteiger partial charge < -0.3 is 14.9 Å². The first-order chi connectivity index (χ1) is 12.1. The molecule has 1 saturated heterocycles. The third-order valence-corrected chi connectivity index (χ3v) is 4.28. The summed E-state index contributed by atoms with van der Waals surface area (Å²) in [6.45, 7) is 4.29. The topological polar surface area (TPSA) is 113 Å². The van der Waals surface area contributed by atoms with E-state index >= 15 is 0 Å². The predicted octanol–water partition coefficient (Wildman–Crippen LogP) is 0.328. The number of fused-ring (bicyclic) bond motifs is 1. The molecule has 1 aliphatic rings. The highest BCUT2D eigenvalue weighted by molar-refractivity contribution is 5.84. The minimum absolute atomic E-state index is 0.0573. The Hall–Kier alpha value is -3.30. The Balaban J connectivity index is 1.54. The number of hydrogen-bond donors (Lipinski definition) is 1. The van der Waals surface area contributed by atoms with E-state index in [0.717, 1.165) is 31.1 Å². The third kappa shape index (κ3) is 2.71. The minimum Gasteiger partial charge on any atom is -0.476 e. The van der Waals surface area contributed by atoms with Crippen molar-refractivity contribution in [3.05, 3.63) is 36.8 Å². The van der Waals surface area contributed by atoms with Crippen molar-refractivity contribution in [2.24, 2.45) is 0 Å². The van der Waals surface area contributed by atoms with E-state index in [1.807, 2.05) is 10.6 Å². The van der Waals surface area contributed by atoms with E-state index in [1.165, 1.54) is 12.4 Å². The van der Waals surface area contributed by atoms with Crippen LogP contribution in [0, 0.1) is 0 Å². The van der Waals surface area contributed by atoms with Crippen LogP contribution in [0.5, 0.6) is 0 Å². The number of aromatic nitrogens is 6. The number of aromatic carboxylic acids is 1. The fourth-order valence-corrected chi connectivity index (χ4v) is 3.02. The van der Waals surface area contributed by atoms with Gasteiger partial charge in [-0.05, 0) is 6.92 Å². The van der Waals surface area contributed by atoms with Gasteiger partial charge in [0.15, 0.2) is 11.5 Å². The lowest BCUT2D eigenvalue weighted by atomic mass is 10.2. The maximum Gasteiger partial charge on any atom is 0.356 e. The second-order valence-corrected chi connectivity index (χ2v) is 5.87. The number of carbonyl (C=O) groups is 1. The Morgan fingerprint density at radius 2 is 2.12 bits per heavy atom. The summed E-state index contributed by atoms with van der Waals surface area (Å²) in [5.41, 5.74) is 0.673. The highest BCUT2D eigenvalue weighted by atomic mass is 16.4. The van der Waals surface area contributed by atoms with Crippen molar-refractivity contribution in [2.75, 3.05) is 29.4 Å². The van der Waals surface area contributed by atoms with Gasteiger partial charge in [-0.25, -0.2) is 19.7 Å². The molecule has 25 heavy (non-hydrogen) atoms. The number of hydrogen-bond acceptors (Lipinski definition) is 8. The van der Waals surface area contributed by atoms with Gasteiger partial charge in [0, 0.05) is 38.1 Å².